The van der Waals surface area contributed by atoms with Gasteiger partial charge in [0.2, 0.25) is 0 Å². The molecule has 1 N–H and O–H groups in total. The number of anilines is 1. The Morgan fingerprint density at radius 1 is 1.09 bits per heavy atom. The zero-order valence-electron chi connectivity index (χ0n) is 15.0. The van der Waals surface area contributed by atoms with Crippen LogP contribution in [0.15, 0.2) is 24.3 Å². The summed E-state index contributed by atoms with van der Waals surface area (Å²) in [4.78, 5) is 12.5. The van der Waals surface area contributed by atoms with E-state index in [1.54, 1.807) is 7.11 Å². The summed E-state index contributed by atoms with van der Waals surface area (Å²) in [7, 11) is 1.59. The van der Waals surface area contributed by atoms with Crippen molar-refractivity contribution in [2.75, 3.05) is 19.0 Å². The molecule has 0 saturated carbocycles. The molecule has 0 spiro atoms. The first-order valence-electron chi connectivity index (χ1n) is 8.65. The number of ether oxygens (including phenoxy) is 2. The lowest BCUT2D eigenvalue weighted by molar-refractivity contribution is -0.136. The normalized spacial score (nSPS) is 13.4. The average molecular weight is 321 g/mol. The Labute approximate surface area is 140 Å². The van der Waals surface area contributed by atoms with Crippen LogP contribution in [0.2, 0.25) is 0 Å². The van der Waals surface area contributed by atoms with Crippen molar-refractivity contribution in [1.82, 2.24) is 0 Å². The molecule has 0 aliphatic rings. The highest BCUT2D eigenvalue weighted by molar-refractivity contribution is 5.97. The molecular weight excluding hydrogens is 290 g/mol. The van der Waals surface area contributed by atoms with Crippen LogP contribution >= 0.6 is 0 Å². The fourth-order valence-electron chi connectivity index (χ4n) is 2.25. The van der Waals surface area contributed by atoms with Gasteiger partial charge in [-0.25, -0.2) is 0 Å². The van der Waals surface area contributed by atoms with Crippen LogP contribution in [0.1, 0.15) is 59.3 Å². The summed E-state index contributed by atoms with van der Waals surface area (Å²) >= 11 is 0. The fraction of sp³-hybridized carbons (Fsp3) is 0.632. The molecular formula is C19H31NO3. The lowest BCUT2D eigenvalue weighted by Gasteiger charge is -2.27. The first-order chi connectivity index (χ1) is 11.1. The van der Waals surface area contributed by atoms with Crippen molar-refractivity contribution in [3.8, 4) is 5.75 Å². The molecule has 1 aromatic carbocycles. The van der Waals surface area contributed by atoms with E-state index in [1.165, 1.54) is 0 Å². The molecule has 0 aromatic heterocycles. The highest BCUT2D eigenvalue weighted by Gasteiger charge is 2.32. The highest BCUT2D eigenvalue weighted by atomic mass is 16.5. The maximum Gasteiger partial charge on any atom is 0.256 e. The Morgan fingerprint density at radius 3 is 2.30 bits per heavy atom. The molecule has 23 heavy (non-hydrogen) atoms. The molecule has 0 aliphatic carbocycles. The summed E-state index contributed by atoms with van der Waals surface area (Å²) in [5, 5.41) is 2.94. The van der Waals surface area contributed by atoms with E-state index in [2.05, 4.69) is 19.2 Å². The van der Waals surface area contributed by atoms with Gasteiger partial charge in [-0.15, -0.1) is 0 Å². The minimum Gasteiger partial charge on any atom is -0.494 e. The van der Waals surface area contributed by atoms with Crippen LogP contribution in [0.5, 0.6) is 5.75 Å². The summed E-state index contributed by atoms with van der Waals surface area (Å²) < 4.78 is 11.1. The van der Waals surface area contributed by atoms with E-state index < -0.39 is 5.60 Å². The fourth-order valence-corrected chi connectivity index (χ4v) is 2.25. The standard InChI is InChI=1S/C19H31NO3/c1-5-7-9-14-19(3,22-4)18(21)20-16-10-12-17(13-11-16)23-15-8-6-2/h10-13H,5-9,14-15H2,1-4H3,(H,20,21)/t19-/m1/s1. The minimum absolute atomic E-state index is 0.101. The summed E-state index contributed by atoms with van der Waals surface area (Å²) in [5.41, 5.74) is -0.0255. The second-order valence-electron chi connectivity index (χ2n) is 6.07. The quantitative estimate of drug-likeness (QED) is 0.596. The number of methoxy groups -OCH3 is 1. The smallest absolute Gasteiger partial charge is 0.256 e. The lowest BCUT2D eigenvalue weighted by atomic mass is 9.97. The predicted octanol–water partition coefficient (Wildman–Crippen LogP) is 4.79. The van der Waals surface area contributed by atoms with Crippen LogP contribution in [0.25, 0.3) is 0 Å². The molecule has 0 bridgehead atoms. The second-order valence-corrected chi connectivity index (χ2v) is 6.07. The van der Waals surface area contributed by atoms with Gasteiger partial charge >= 0.3 is 0 Å². The van der Waals surface area contributed by atoms with Crippen molar-refractivity contribution in [2.24, 2.45) is 0 Å². The summed E-state index contributed by atoms with van der Waals surface area (Å²) in [6.45, 7) is 6.85. The first kappa shape index (κ1) is 19.5. The third-order valence-electron chi connectivity index (χ3n) is 4.07. The molecule has 0 aliphatic heterocycles. The molecule has 0 heterocycles. The number of hydrogen-bond acceptors (Lipinski definition) is 3. The van der Waals surface area contributed by atoms with E-state index in [0.29, 0.717) is 0 Å². The molecule has 1 rings (SSSR count). The van der Waals surface area contributed by atoms with Gasteiger partial charge in [-0.05, 0) is 44.0 Å². The highest BCUT2D eigenvalue weighted by Crippen LogP contribution is 2.22. The Kier molecular flexibility index (Phi) is 8.70. The molecule has 0 unspecified atom stereocenters. The number of benzene rings is 1. The Morgan fingerprint density at radius 2 is 1.74 bits per heavy atom. The molecule has 0 radical (unpaired) electrons. The molecule has 1 atom stereocenters. The van der Waals surface area contributed by atoms with Crippen molar-refractivity contribution in [3.63, 3.8) is 0 Å². The van der Waals surface area contributed by atoms with Gasteiger partial charge in [0.15, 0.2) is 0 Å². The summed E-state index contributed by atoms with van der Waals surface area (Å²) in [5.74, 6) is 0.727. The van der Waals surface area contributed by atoms with Crippen molar-refractivity contribution in [2.45, 2.75) is 64.9 Å². The Hall–Kier alpha value is -1.55. The van der Waals surface area contributed by atoms with Crippen LogP contribution in [0, 0.1) is 0 Å². The SMILES string of the molecule is CCCCC[C@@](C)(OC)C(=O)Nc1ccc(OCCCC)cc1. The first-order valence-corrected chi connectivity index (χ1v) is 8.65. The molecule has 4 nitrogen and oxygen atoms in total. The number of rotatable bonds is 11. The lowest BCUT2D eigenvalue weighted by Crippen LogP contribution is -2.41. The third-order valence-corrected chi connectivity index (χ3v) is 4.07. The van der Waals surface area contributed by atoms with Crippen LogP contribution in [0.3, 0.4) is 0 Å². The van der Waals surface area contributed by atoms with Crippen LogP contribution in [0.4, 0.5) is 5.69 Å². The van der Waals surface area contributed by atoms with E-state index in [1.807, 2.05) is 31.2 Å². The summed E-state index contributed by atoms with van der Waals surface area (Å²) in [6.07, 6.45) is 6.10. The number of carbonyl (C=O) groups excluding carboxylic acids is 1. The molecule has 1 amide bonds. The van der Waals surface area contributed by atoms with E-state index in [-0.39, 0.29) is 5.91 Å². The van der Waals surface area contributed by atoms with Crippen molar-refractivity contribution >= 4 is 11.6 Å². The Bertz CT molecular complexity index is 458. The molecule has 1 aromatic rings. The summed E-state index contributed by atoms with van der Waals surface area (Å²) in [6, 6.07) is 7.49. The van der Waals surface area contributed by atoms with Crippen LogP contribution < -0.4 is 10.1 Å². The van der Waals surface area contributed by atoms with Gasteiger partial charge in [0.25, 0.3) is 5.91 Å². The van der Waals surface area contributed by atoms with Gasteiger partial charge in [0, 0.05) is 12.8 Å². The Balaban J connectivity index is 2.57. The largest absolute Gasteiger partial charge is 0.494 e. The maximum atomic E-state index is 12.5. The van der Waals surface area contributed by atoms with Crippen molar-refractivity contribution in [3.05, 3.63) is 24.3 Å². The van der Waals surface area contributed by atoms with E-state index in [0.717, 1.165) is 56.6 Å². The topological polar surface area (TPSA) is 47.6 Å². The van der Waals surface area contributed by atoms with Gasteiger partial charge in [-0.3, -0.25) is 4.79 Å². The van der Waals surface area contributed by atoms with Gasteiger partial charge in [0.1, 0.15) is 11.4 Å². The molecule has 130 valence electrons. The van der Waals surface area contributed by atoms with Gasteiger partial charge in [0.05, 0.1) is 6.61 Å². The number of carbonyl (C=O) groups is 1. The average Bonchev–Trinajstić information content (AvgIpc) is 2.56. The van der Waals surface area contributed by atoms with Crippen molar-refractivity contribution in [1.29, 1.82) is 0 Å². The van der Waals surface area contributed by atoms with E-state index >= 15 is 0 Å². The molecule has 0 saturated heterocycles. The van der Waals surface area contributed by atoms with Crippen LogP contribution in [-0.4, -0.2) is 25.2 Å². The third kappa shape index (κ3) is 6.61. The molecule has 0 fully saturated rings. The van der Waals surface area contributed by atoms with E-state index in [9.17, 15) is 4.79 Å². The van der Waals surface area contributed by atoms with Crippen molar-refractivity contribution < 1.29 is 14.3 Å². The molecule has 4 heteroatoms. The number of hydrogen-bond donors (Lipinski definition) is 1. The zero-order valence-corrected chi connectivity index (χ0v) is 15.0. The van der Waals surface area contributed by atoms with Gasteiger partial charge in [-0.2, -0.15) is 0 Å². The predicted molar refractivity (Wildman–Crippen MR) is 95.0 cm³/mol. The van der Waals surface area contributed by atoms with Gasteiger partial charge in [-0.1, -0.05) is 39.5 Å². The number of amides is 1. The monoisotopic (exact) mass is 321 g/mol. The van der Waals surface area contributed by atoms with E-state index in [4.69, 9.17) is 9.47 Å². The minimum atomic E-state index is -0.786. The van der Waals surface area contributed by atoms with Crippen LogP contribution in [-0.2, 0) is 9.53 Å². The van der Waals surface area contributed by atoms with Gasteiger partial charge < -0.3 is 14.8 Å². The maximum absolute atomic E-state index is 12.5. The number of nitrogens with one attached hydrogen (secondary N) is 1. The number of unbranched alkanes of at least 4 members (excludes halogenated alkanes) is 3. The second kappa shape index (κ2) is 10.3. The zero-order chi connectivity index (χ0) is 17.1.